The molecule has 0 unspecified atom stereocenters. The molecular formula is C15H16ClN3O3S2. The number of sulfonamides is 1. The Bertz CT molecular complexity index is 832. The van der Waals surface area contributed by atoms with Gasteiger partial charge in [0, 0.05) is 22.6 Å². The highest BCUT2D eigenvalue weighted by molar-refractivity contribution is 7.89. The maximum absolute atomic E-state index is 12.7. The van der Waals surface area contributed by atoms with Crippen molar-refractivity contribution >= 4 is 44.0 Å². The van der Waals surface area contributed by atoms with E-state index in [1.807, 2.05) is 6.92 Å². The molecule has 128 valence electrons. The highest BCUT2D eigenvalue weighted by atomic mass is 35.5. The minimum atomic E-state index is -3.84. The van der Waals surface area contributed by atoms with Crippen LogP contribution in [0.2, 0.25) is 5.02 Å². The Labute approximate surface area is 149 Å². The normalized spacial score (nSPS) is 11.5. The monoisotopic (exact) mass is 385 g/mol. The summed E-state index contributed by atoms with van der Waals surface area (Å²) in [6, 6.07) is 5.77. The van der Waals surface area contributed by atoms with Crippen molar-refractivity contribution in [2.75, 3.05) is 18.4 Å². The first-order valence-electron chi connectivity index (χ1n) is 6.92. The van der Waals surface area contributed by atoms with Crippen LogP contribution in [-0.4, -0.2) is 36.7 Å². The number of rotatable bonds is 7. The molecule has 1 N–H and O–H groups in total. The smallest absolute Gasteiger partial charge is 0.243 e. The number of thiazole rings is 1. The van der Waals surface area contributed by atoms with Gasteiger partial charge in [-0.05, 0) is 31.2 Å². The van der Waals surface area contributed by atoms with Crippen molar-refractivity contribution in [3.05, 3.63) is 53.0 Å². The SMILES string of the molecule is C=CCN(CC(=O)Nc1ncc(C)s1)S(=O)(=O)c1ccc(Cl)cc1. The van der Waals surface area contributed by atoms with Gasteiger partial charge in [-0.15, -0.1) is 17.9 Å². The van der Waals surface area contributed by atoms with Gasteiger partial charge in [0.15, 0.2) is 5.13 Å². The van der Waals surface area contributed by atoms with Crippen LogP contribution in [0.1, 0.15) is 4.88 Å². The summed E-state index contributed by atoms with van der Waals surface area (Å²) in [4.78, 5) is 17.2. The maximum atomic E-state index is 12.7. The van der Waals surface area contributed by atoms with Gasteiger partial charge in [-0.1, -0.05) is 17.7 Å². The number of carbonyl (C=O) groups is 1. The quantitative estimate of drug-likeness (QED) is 0.743. The number of nitrogens with zero attached hydrogens (tertiary/aromatic N) is 2. The number of carbonyl (C=O) groups excluding carboxylic acids is 1. The molecule has 1 heterocycles. The second kappa shape index (κ2) is 7.89. The zero-order valence-electron chi connectivity index (χ0n) is 12.9. The van der Waals surface area contributed by atoms with Crippen molar-refractivity contribution in [2.24, 2.45) is 0 Å². The molecule has 2 aromatic rings. The molecule has 0 saturated heterocycles. The summed E-state index contributed by atoms with van der Waals surface area (Å²) < 4.78 is 26.4. The molecule has 0 spiro atoms. The fourth-order valence-corrected chi connectivity index (χ4v) is 4.05. The van der Waals surface area contributed by atoms with Crippen LogP contribution in [0.15, 0.2) is 48.0 Å². The molecule has 9 heteroatoms. The number of halogens is 1. The van der Waals surface area contributed by atoms with E-state index >= 15 is 0 Å². The van der Waals surface area contributed by atoms with Gasteiger partial charge in [0.05, 0.1) is 11.4 Å². The first-order valence-corrected chi connectivity index (χ1v) is 9.55. The zero-order valence-corrected chi connectivity index (χ0v) is 15.3. The van der Waals surface area contributed by atoms with E-state index in [2.05, 4.69) is 16.9 Å². The van der Waals surface area contributed by atoms with Crippen LogP contribution in [0.4, 0.5) is 5.13 Å². The molecule has 0 radical (unpaired) electrons. The van der Waals surface area contributed by atoms with Gasteiger partial charge >= 0.3 is 0 Å². The van der Waals surface area contributed by atoms with Crippen molar-refractivity contribution in [2.45, 2.75) is 11.8 Å². The Morgan fingerprint density at radius 2 is 2.08 bits per heavy atom. The predicted molar refractivity (Wildman–Crippen MR) is 95.9 cm³/mol. The third-order valence-electron chi connectivity index (χ3n) is 2.97. The fraction of sp³-hybridized carbons (Fsp3) is 0.200. The van der Waals surface area contributed by atoms with E-state index in [0.29, 0.717) is 10.2 Å². The molecule has 0 saturated carbocycles. The second-order valence-electron chi connectivity index (χ2n) is 4.86. The second-order valence-corrected chi connectivity index (χ2v) is 8.47. The maximum Gasteiger partial charge on any atom is 0.243 e. The van der Waals surface area contributed by atoms with E-state index in [1.54, 1.807) is 6.20 Å². The van der Waals surface area contributed by atoms with Crippen molar-refractivity contribution in [1.82, 2.24) is 9.29 Å². The molecular weight excluding hydrogens is 370 g/mol. The highest BCUT2D eigenvalue weighted by Gasteiger charge is 2.26. The standard InChI is InChI=1S/C15H16ClN3O3S2/c1-3-8-19(10-14(20)18-15-17-9-11(2)23-15)24(21,22)13-6-4-12(16)5-7-13/h3-7,9H,1,8,10H2,2H3,(H,17,18,20). The van der Waals surface area contributed by atoms with Crippen molar-refractivity contribution in [3.63, 3.8) is 0 Å². The number of aromatic nitrogens is 1. The predicted octanol–water partition coefficient (Wildman–Crippen LogP) is 2.92. The molecule has 1 amide bonds. The van der Waals surface area contributed by atoms with E-state index in [-0.39, 0.29) is 18.0 Å². The van der Waals surface area contributed by atoms with Crippen LogP contribution in [0.5, 0.6) is 0 Å². The third kappa shape index (κ3) is 4.64. The average Bonchev–Trinajstić information content (AvgIpc) is 2.92. The lowest BCUT2D eigenvalue weighted by molar-refractivity contribution is -0.116. The lowest BCUT2D eigenvalue weighted by Gasteiger charge is -2.20. The number of hydrogen-bond donors (Lipinski definition) is 1. The molecule has 0 atom stereocenters. The Balaban J connectivity index is 2.17. The van der Waals surface area contributed by atoms with Crippen LogP contribution in [0.3, 0.4) is 0 Å². The molecule has 0 aliphatic carbocycles. The fourth-order valence-electron chi connectivity index (χ4n) is 1.88. The van der Waals surface area contributed by atoms with Crippen LogP contribution in [0.25, 0.3) is 0 Å². The topological polar surface area (TPSA) is 79.4 Å². The van der Waals surface area contributed by atoms with Gasteiger partial charge in [0.25, 0.3) is 0 Å². The number of nitrogens with one attached hydrogen (secondary N) is 1. The Hall–Kier alpha value is -1.74. The lowest BCUT2D eigenvalue weighted by atomic mass is 10.4. The first-order chi connectivity index (χ1) is 11.3. The largest absolute Gasteiger partial charge is 0.301 e. The number of anilines is 1. The molecule has 24 heavy (non-hydrogen) atoms. The Morgan fingerprint density at radius 1 is 1.42 bits per heavy atom. The summed E-state index contributed by atoms with van der Waals surface area (Å²) in [7, 11) is -3.84. The molecule has 0 aliphatic rings. The number of hydrogen-bond acceptors (Lipinski definition) is 5. The summed E-state index contributed by atoms with van der Waals surface area (Å²) >= 11 is 7.10. The van der Waals surface area contributed by atoms with Gasteiger partial charge in [0.1, 0.15) is 0 Å². The van der Waals surface area contributed by atoms with Crippen molar-refractivity contribution < 1.29 is 13.2 Å². The van der Waals surface area contributed by atoms with Crippen molar-refractivity contribution in [1.29, 1.82) is 0 Å². The van der Waals surface area contributed by atoms with E-state index in [4.69, 9.17) is 11.6 Å². The summed E-state index contributed by atoms with van der Waals surface area (Å²) in [5, 5.41) is 3.45. The van der Waals surface area contributed by atoms with Gasteiger partial charge in [-0.25, -0.2) is 13.4 Å². The van der Waals surface area contributed by atoms with E-state index < -0.39 is 15.9 Å². The van der Waals surface area contributed by atoms with Gasteiger partial charge in [-0.2, -0.15) is 4.31 Å². The molecule has 0 fully saturated rings. The van der Waals surface area contributed by atoms with Crippen LogP contribution >= 0.6 is 22.9 Å². The Morgan fingerprint density at radius 3 is 2.62 bits per heavy atom. The van der Waals surface area contributed by atoms with Gasteiger partial charge in [-0.3, -0.25) is 4.79 Å². The number of amides is 1. The minimum Gasteiger partial charge on any atom is -0.301 e. The van der Waals surface area contributed by atoms with E-state index in [0.717, 1.165) is 9.18 Å². The summed E-state index contributed by atoms with van der Waals surface area (Å²) in [5.74, 6) is -0.469. The van der Waals surface area contributed by atoms with Crippen LogP contribution in [-0.2, 0) is 14.8 Å². The first kappa shape index (κ1) is 18.6. The molecule has 6 nitrogen and oxygen atoms in total. The molecule has 0 aliphatic heterocycles. The van der Waals surface area contributed by atoms with E-state index in [9.17, 15) is 13.2 Å². The van der Waals surface area contributed by atoms with E-state index in [1.165, 1.54) is 41.7 Å². The van der Waals surface area contributed by atoms with Crippen LogP contribution in [0, 0.1) is 6.92 Å². The molecule has 1 aromatic heterocycles. The number of benzene rings is 1. The lowest BCUT2D eigenvalue weighted by Crippen LogP contribution is -2.38. The summed E-state index contributed by atoms with van der Waals surface area (Å²) in [6.07, 6.45) is 3.06. The highest BCUT2D eigenvalue weighted by Crippen LogP contribution is 2.19. The Kier molecular flexibility index (Phi) is 6.11. The number of aryl methyl sites for hydroxylation is 1. The summed E-state index contributed by atoms with van der Waals surface area (Å²) in [5.41, 5.74) is 0. The molecule has 2 rings (SSSR count). The summed E-state index contributed by atoms with van der Waals surface area (Å²) in [6.45, 7) is 5.08. The minimum absolute atomic E-state index is 0.00920. The van der Waals surface area contributed by atoms with Crippen molar-refractivity contribution in [3.8, 4) is 0 Å². The molecule has 0 bridgehead atoms. The third-order valence-corrected chi connectivity index (χ3v) is 5.88. The zero-order chi connectivity index (χ0) is 17.7. The van der Waals surface area contributed by atoms with Crippen LogP contribution < -0.4 is 5.32 Å². The average molecular weight is 386 g/mol. The molecule has 1 aromatic carbocycles. The van der Waals surface area contributed by atoms with Gasteiger partial charge in [0.2, 0.25) is 15.9 Å². The van der Waals surface area contributed by atoms with Gasteiger partial charge < -0.3 is 5.32 Å².